The van der Waals surface area contributed by atoms with Crippen LogP contribution in [-0.2, 0) is 0 Å². The van der Waals surface area contributed by atoms with Crippen molar-refractivity contribution < 1.29 is 9.72 Å². The van der Waals surface area contributed by atoms with E-state index in [2.05, 4.69) is 31.1 Å². The minimum atomic E-state index is -0.668. The number of nitro groups is 1. The number of hydrazine groups is 1. The van der Waals surface area contributed by atoms with Crippen molar-refractivity contribution in [1.82, 2.24) is 20.4 Å². The van der Waals surface area contributed by atoms with Crippen LogP contribution in [0.4, 0.5) is 23.1 Å². The van der Waals surface area contributed by atoms with Gasteiger partial charge in [0, 0.05) is 11.8 Å². The number of hydrogen-bond acceptors (Lipinski definition) is 8. The first-order valence-corrected chi connectivity index (χ1v) is 8.33. The van der Waals surface area contributed by atoms with E-state index in [0.717, 1.165) is 11.9 Å². The first-order valence-electron chi connectivity index (χ1n) is 7.95. The number of rotatable bonds is 6. The molecule has 10 nitrogen and oxygen atoms in total. The monoisotopic (exact) mass is 399 g/mol. The first-order chi connectivity index (χ1) is 13.4. The van der Waals surface area contributed by atoms with Gasteiger partial charge in [-0.05, 0) is 31.2 Å². The number of carbonyl (C=O) groups is 1. The van der Waals surface area contributed by atoms with E-state index in [1.807, 2.05) is 6.92 Å². The molecule has 0 fully saturated rings. The highest BCUT2D eigenvalue weighted by Gasteiger charge is 2.24. The summed E-state index contributed by atoms with van der Waals surface area (Å²) >= 11 is 5.78. The zero-order valence-corrected chi connectivity index (χ0v) is 15.3. The molecule has 142 valence electrons. The van der Waals surface area contributed by atoms with Crippen LogP contribution in [0.3, 0.4) is 0 Å². The summed E-state index contributed by atoms with van der Waals surface area (Å²) in [7, 11) is 0. The molecule has 28 heavy (non-hydrogen) atoms. The van der Waals surface area contributed by atoms with Crippen molar-refractivity contribution in [3.63, 3.8) is 0 Å². The van der Waals surface area contributed by atoms with Crippen LogP contribution < -0.4 is 16.2 Å². The molecule has 1 amide bonds. The van der Waals surface area contributed by atoms with E-state index in [9.17, 15) is 14.9 Å². The average Bonchev–Trinajstić information content (AvgIpc) is 2.68. The Hall–Kier alpha value is -3.79. The van der Waals surface area contributed by atoms with Crippen molar-refractivity contribution in [1.29, 1.82) is 0 Å². The van der Waals surface area contributed by atoms with Gasteiger partial charge in [-0.15, -0.1) is 0 Å². The fourth-order valence-electron chi connectivity index (χ4n) is 2.20. The van der Waals surface area contributed by atoms with Gasteiger partial charge in [0.25, 0.3) is 5.91 Å². The Bertz CT molecular complexity index is 1010. The lowest BCUT2D eigenvalue weighted by Gasteiger charge is -2.10. The molecule has 0 saturated heterocycles. The Morgan fingerprint density at radius 2 is 1.79 bits per heavy atom. The molecule has 0 aliphatic rings. The molecule has 1 aromatic carbocycles. The van der Waals surface area contributed by atoms with Crippen molar-refractivity contribution >= 4 is 40.6 Å². The number of halogens is 1. The van der Waals surface area contributed by atoms with E-state index in [4.69, 9.17) is 11.6 Å². The number of anilines is 3. The van der Waals surface area contributed by atoms with Crippen LogP contribution in [0.5, 0.6) is 0 Å². The first kappa shape index (κ1) is 19.0. The van der Waals surface area contributed by atoms with Crippen molar-refractivity contribution in [3.8, 4) is 0 Å². The number of amides is 1. The largest absolute Gasteiger partial charge is 0.355 e. The smallest absolute Gasteiger partial charge is 0.319 e. The summed E-state index contributed by atoms with van der Waals surface area (Å²) in [5.74, 6) is -0.443. The summed E-state index contributed by atoms with van der Waals surface area (Å²) in [6, 6.07) is 9.96. The van der Waals surface area contributed by atoms with Crippen molar-refractivity contribution in [3.05, 3.63) is 75.2 Å². The summed E-state index contributed by atoms with van der Waals surface area (Å²) in [6.45, 7) is 1.90. The summed E-state index contributed by atoms with van der Waals surface area (Å²) in [4.78, 5) is 34.8. The van der Waals surface area contributed by atoms with Gasteiger partial charge in [-0.2, -0.15) is 0 Å². The molecule has 2 aromatic heterocycles. The molecule has 0 bridgehead atoms. The molecular weight excluding hydrogens is 386 g/mol. The molecule has 0 aliphatic carbocycles. The maximum absolute atomic E-state index is 12.2. The number of benzene rings is 1. The SMILES string of the molecule is Cc1ccc(C(=O)NNc2ncnc(Nc3ccc(Cl)cn3)c2[N+](=O)[O-])cc1. The van der Waals surface area contributed by atoms with Gasteiger partial charge in [0.1, 0.15) is 12.1 Å². The predicted molar refractivity (Wildman–Crippen MR) is 103 cm³/mol. The van der Waals surface area contributed by atoms with E-state index in [-0.39, 0.29) is 11.6 Å². The Morgan fingerprint density at radius 3 is 2.43 bits per heavy atom. The third-order valence-electron chi connectivity index (χ3n) is 3.59. The van der Waals surface area contributed by atoms with Crippen LogP contribution in [0.1, 0.15) is 15.9 Å². The Morgan fingerprint density at radius 1 is 1.07 bits per heavy atom. The normalized spacial score (nSPS) is 10.2. The second kappa shape index (κ2) is 8.27. The number of aryl methyl sites for hydroxylation is 1. The number of carbonyl (C=O) groups excluding carboxylic acids is 1. The topological polar surface area (TPSA) is 135 Å². The Labute approximate surface area is 164 Å². The minimum Gasteiger partial charge on any atom is -0.319 e. The lowest BCUT2D eigenvalue weighted by atomic mass is 10.1. The third kappa shape index (κ3) is 4.48. The van der Waals surface area contributed by atoms with Gasteiger partial charge in [0.2, 0.25) is 11.6 Å². The highest BCUT2D eigenvalue weighted by molar-refractivity contribution is 6.30. The lowest BCUT2D eigenvalue weighted by molar-refractivity contribution is -0.383. The van der Waals surface area contributed by atoms with E-state index < -0.39 is 16.5 Å². The van der Waals surface area contributed by atoms with E-state index in [0.29, 0.717) is 16.4 Å². The second-order valence-corrected chi connectivity index (χ2v) is 6.04. The van der Waals surface area contributed by atoms with Crippen molar-refractivity contribution in [2.75, 3.05) is 10.7 Å². The fourth-order valence-corrected chi connectivity index (χ4v) is 2.31. The highest BCUT2D eigenvalue weighted by Crippen LogP contribution is 2.30. The molecule has 3 rings (SSSR count). The third-order valence-corrected chi connectivity index (χ3v) is 3.81. The molecule has 3 aromatic rings. The van der Waals surface area contributed by atoms with Crippen molar-refractivity contribution in [2.45, 2.75) is 6.92 Å². The van der Waals surface area contributed by atoms with Gasteiger partial charge < -0.3 is 5.32 Å². The molecule has 0 spiro atoms. The molecule has 3 N–H and O–H groups in total. The number of nitrogens with one attached hydrogen (secondary N) is 3. The van der Waals surface area contributed by atoms with Crippen LogP contribution in [0.25, 0.3) is 0 Å². The highest BCUT2D eigenvalue weighted by atomic mass is 35.5. The van der Waals surface area contributed by atoms with Gasteiger partial charge in [-0.25, -0.2) is 15.0 Å². The van der Waals surface area contributed by atoms with Crippen LogP contribution in [0.15, 0.2) is 48.9 Å². The molecule has 2 heterocycles. The van der Waals surface area contributed by atoms with Gasteiger partial charge in [0.15, 0.2) is 0 Å². The number of nitrogens with zero attached hydrogens (tertiary/aromatic N) is 4. The Balaban J connectivity index is 1.80. The summed E-state index contributed by atoms with van der Waals surface area (Å²) in [5.41, 5.74) is 5.79. The number of aromatic nitrogens is 3. The molecule has 0 aliphatic heterocycles. The number of hydrogen-bond donors (Lipinski definition) is 3. The van der Waals surface area contributed by atoms with Crippen LogP contribution in [0, 0.1) is 17.0 Å². The molecule has 0 radical (unpaired) electrons. The van der Waals surface area contributed by atoms with E-state index in [1.165, 1.54) is 6.20 Å². The summed E-state index contributed by atoms with van der Waals surface area (Å²) in [6.07, 6.45) is 2.50. The maximum atomic E-state index is 12.2. The van der Waals surface area contributed by atoms with Gasteiger partial charge in [0.05, 0.1) is 9.95 Å². The lowest BCUT2D eigenvalue weighted by Crippen LogP contribution is -2.30. The Kier molecular flexibility index (Phi) is 5.61. The van der Waals surface area contributed by atoms with E-state index in [1.54, 1.807) is 36.4 Å². The average molecular weight is 400 g/mol. The summed E-state index contributed by atoms with van der Waals surface area (Å²) in [5, 5.41) is 14.7. The zero-order valence-electron chi connectivity index (χ0n) is 14.5. The summed E-state index contributed by atoms with van der Waals surface area (Å²) < 4.78 is 0. The van der Waals surface area contributed by atoms with Crippen molar-refractivity contribution in [2.24, 2.45) is 0 Å². The number of pyridine rings is 1. The molecule has 0 saturated carbocycles. The van der Waals surface area contributed by atoms with Gasteiger partial charge in [-0.3, -0.25) is 25.8 Å². The standard InChI is InChI=1S/C17H14ClN7O3/c1-10-2-4-11(5-3-10)17(26)24-23-16-14(25(27)28)15(20-9-21-16)22-13-7-6-12(18)8-19-13/h2-9H,1H3,(H,24,26)(H2,19,20,21,22,23). The molecular formula is C17H14ClN7O3. The zero-order chi connectivity index (χ0) is 20.1. The quantitative estimate of drug-likeness (QED) is 0.424. The van der Waals surface area contributed by atoms with Crippen LogP contribution >= 0.6 is 11.6 Å². The molecule has 11 heteroatoms. The van der Waals surface area contributed by atoms with Gasteiger partial charge in [-0.1, -0.05) is 29.3 Å². The second-order valence-electron chi connectivity index (χ2n) is 5.61. The molecule has 0 atom stereocenters. The maximum Gasteiger partial charge on any atom is 0.355 e. The van der Waals surface area contributed by atoms with Crippen LogP contribution in [-0.4, -0.2) is 25.8 Å². The minimum absolute atomic E-state index is 0.0955. The van der Waals surface area contributed by atoms with Gasteiger partial charge >= 0.3 is 5.69 Å². The predicted octanol–water partition coefficient (Wildman–Crippen LogP) is 3.24. The van der Waals surface area contributed by atoms with E-state index >= 15 is 0 Å². The molecule has 0 unspecified atom stereocenters. The van der Waals surface area contributed by atoms with Crippen LogP contribution in [0.2, 0.25) is 5.02 Å². The fraction of sp³-hybridized carbons (Fsp3) is 0.0588.